The lowest BCUT2D eigenvalue weighted by Crippen LogP contribution is -2.26. The molecule has 0 spiro atoms. The molecule has 5 rings (SSSR count). The molecule has 0 radical (unpaired) electrons. The van der Waals surface area contributed by atoms with Crippen molar-refractivity contribution in [1.82, 2.24) is 4.57 Å². The minimum Gasteiger partial charge on any atom is -0.481 e. The van der Waals surface area contributed by atoms with Crippen LogP contribution in [0.2, 0.25) is 5.02 Å². The summed E-state index contributed by atoms with van der Waals surface area (Å²) in [4.78, 5) is 11.2. The maximum Gasteiger partial charge on any atom is 0.303 e. The number of benzene rings is 2. The maximum atomic E-state index is 14.0. The Morgan fingerprint density at radius 3 is 2.62 bits per heavy atom. The molecule has 1 aliphatic heterocycles. The molecule has 34 heavy (non-hydrogen) atoms. The SMILES string of the molecule is N=Cc1cc2c(cc1N)c(C1CC(CC(=O)O)C1)c(C1CCOCC1)n2-c1ccc(F)c(Cl)c1. The van der Waals surface area contributed by atoms with Gasteiger partial charge >= 0.3 is 5.97 Å². The lowest BCUT2D eigenvalue weighted by atomic mass is 9.68. The number of carboxylic acids is 1. The van der Waals surface area contributed by atoms with Gasteiger partial charge in [-0.2, -0.15) is 0 Å². The number of ether oxygens (including phenoxy) is 1. The van der Waals surface area contributed by atoms with Gasteiger partial charge in [0.05, 0.1) is 10.5 Å². The first kappa shape index (κ1) is 22.9. The second kappa shape index (κ2) is 9.04. The highest BCUT2D eigenvalue weighted by Crippen LogP contribution is 2.51. The Kier molecular flexibility index (Phi) is 6.08. The highest BCUT2D eigenvalue weighted by Gasteiger charge is 2.38. The summed E-state index contributed by atoms with van der Waals surface area (Å²) >= 11 is 6.19. The van der Waals surface area contributed by atoms with Crippen molar-refractivity contribution in [2.45, 2.75) is 43.9 Å². The number of hydrogen-bond donors (Lipinski definition) is 3. The lowest BCUT2D eigenvalue weighted by molar-refractivity contribution is -0.138. The molecule has 1 aromatic heterocycles. The molecule has 178 valence electrons. The van der Waals surface area contributed by atoms with Gasteiger partial charge in [0, 0.05) is 59.8 Å². The van der Waals surface area contributed by atoms with E-state index in [1.165, 1.54) is 17.8 Å². The zero-order chi connectivity index (χ0) is 24.0. The first-order chi connectivity index (χ1) is 16.4. The number of aliphatic carboxylic acids is 1. The fourth-order valence-electron chi connectivity index (χ4n) is 5.62. The van der Waals surface area contributed by atoms with Crippen molar-refractivity contribution in [3.05, 3.63) is 58.0 Å². The minimum absolute atomic E-state index is 0.0479. The molecule has 0 bridgehead atoms. The average molecular weight is 484 g/mol. The van der Waals surface area contributed by atoms with E-state index in [2.05, 4.69) is 4.57 Å². The van der Waals surface area contributed by atoms with Crippen molar-refractivity contribution in [2.24, 2.45) is 5.92 Å². The van der Waals surface area contributed by atoms with E-state index in [1.54, 1.807) is 12.1 Å². The summed E-state index contributed by atoms with van der Waals surface area (Å²) in [7, 11) is 0. The van der Waals surface area contributed by atoms with Crippen LogP contribution in [0.25, 0.3) is 16.6 Å². The molecule has 8 heteroatoms. The fourth-order valence-corrected chi connectivity index (χ4v) is 5.80. The third kappa shape index (κ3) is 3.97. The topological polar surface area (TPSA) is 101 Å². The van der Waals surface area contributed by atoms with Crippen LogP contribution < -0.4 is 5.73 Å². The molecule has 0 atom stereocenters. The van der Waals surface area contributed by atoms with E-state index in [-0.39, 0.29) is 29.2 Å². The molecule has 1 saturated carbocycles. The fraction of sp³-hybridized carbons (Fsp3) is 0.385. The van der Waals surface area contributed by atoms with Gasteiger partial charge in [0.25, 0.3) is 0 Å². The van der Waals surface area contributed by atoms with Crippen LogP contribution in [-0.4, -0.2) is 35.1 Å². The van der Waals surface area contributed by atoms with Crippen LogP contribution in [0.5, 0.6) is 0 Å². The Morgan fingerprint density at radius 2 is 1.97 bits per heavy atom. The molecular formula is C26H27ClFN3O3. The number of hydrogen-bond acceptors (Lipinski definition) is 4. The number of carbonyl (C=O) groups is 1. The van der Waals surface area contributed by atoms with Crippen molar-refractivity contribution < 1.29 is 19.0 Å². The maximum absolute atomic E-state index is 14.0. The molecule has 2 aliphatic rings. The number of nitrogen functional groups attached to an aromatic ring is 1. The molecule has 0 unspecified atom stereocenters. The summed E-state index contributed by atoms with van der Waals surface area (Å²) < 4.78 is 21.8. The summed E-state index contributed by atoms with van der Waals surface area (Å²) in [5.74, 6) is -0.650. The van der Waals surface area contributed by atoms with Crippen molar-refractivity contribution in [1.29, 1.82) is 5.41 Å². The zero-order valence-corrected chi connectivity index (χ0v) is 19.4. The van der Waals surface area contributed by atoms with Crippen molar-refractivity contribution in [3.8, 4) is 5.69 Å². The number of anilines is 1. The molecular weight excluding hydrogens is 457 g/mol. The van der Waals surface area contributed by atoms with Crippen LogP contribution in [0, 0.1) is 17.1 Å². The third-order valence-corrected chi connectivity index (χ3v) is 7.57. The molecule has 2 aromatic carbocycles. The average Bonchev–Trinajstić information content (AvgIpc) is 3.11. The summed E-state index contributed by atoms with van der Waals surface area (Å²) in [6, 6.07) is 8.58. The van der Waals surface area contributed by atoms with Gasteiger partial charge in [0.15, 0.2) is 0 Å². The van der Waals surface area contributed by atoms with Gasteiger partial charge in [-0.05, 0) is 73.4 Å². The van der Waals surface area contributed by atoms with Gasteiger partial charge in [-0.3, -0.25) is 4.79 Å². The Morgan fingerprint density at radius 1 is 1.24 bits per heavy atom. The Balaban J connectivity index is 1.76. The number of aromatic nitrogens is 1. The van der Waals surface area contributed by atoms with Crippen LogP contribution in [0.1, 0.15) is 60.8 Å². The molecule has 3 aromatic rings. The largest absolute Gasteiger partial charge is 0.481 e. The molecule has 0 amide bonds. The molecule has 1 saturated heterocycles. The summed E-state index contributed by atoms with van der Waals surface area (Å²) in [5, 5.41) is 18.1. The van der Waals surface area contributed by atoms with Crippen LogP contribution in [0.4, 0.5) is 10.1 Å². The van der Waals surface area contributed by atoms with E-state index in [4.69, 9.17) is 27.5 Å². The van der Waals surface area contributed by atoms with E-state index in [0.29, 0.717) is 24.5 Å². The van der Waals surface area contributed by atoms with E-state index < -0.39 is 11.8 Å². The van der Waals surface area contributed by atoms with Gasteiger partial charge < -0.3 is 25.6 Å². The third-order valence-electron chi connectivity index (χ3n) is 7.28. The van der Waals surface area contributed by atoms with Gasteiger partial charge in [-0.25, -0.2) is 4.39 Å². The molecule has 6 nitrogen and oxygen atoms in total. The number of nitrogens with one attached hydrogen (secondary N) is 1. The Labute approximate surface area is 202 Å². The van der Waals surface area contributed by atoms with Crippen molar-refractivity contribution in [2.75, 3.05) is 18.9 Å². The summed E-state index contributed by atoms with van der Waals surface area (Å²) in [6.07, 6.45) is 4.74. The van der Waals surface area contributed by atoms with E-state index >= 15 is 0 Å². The predicted molar refractivity (Wildman–Crippen MR) is 131 cm³/mol. The first-order valence-electron chi connectivity index (χ1n) is 11.6. The van der Waals surface area contributed by atoms with Gasteiger partial charge in [0.2, 0.25) is 0 Å². The standard InChI is InChI=1S/C26H27ClFN3O3/c27-20-11-18(1-2-21(20)28)31-23-10-17(13-29)22(30)12-19(23)25(16-7-14(8-16)9-24(32)33)26(31)15-3-5-34-6-4-15/h1-2,10-16,29H,3-9,30H2,(H,32,33). The number of fused-ring (bicyclic) bond motifs is 1. The van der Waals surface area contributed by atoms with Crippen LogP contribution in [0.15, 0.2) is 30.3 Å². The Hall–Kier alpha value is -2.90. The number of halogens is 2. The van der Waals surface area contributed by atoms with Crippen molar-refractivity contribution in [3.63, 3.8) is 0 Å². The number of nitrogens with zero attached hydrogens (tertiary/aromatic N) is 1. The molecule has 4 N–H and O–H groups in total. The van der Waals surface area contributed by atoms with Crippen LogP contribution in [0.3, 0.4) is 0 Å². The van der Waals surface area contributed by atoms with E-state index in [1.807, 2.05) is 12.1 Å². The highest BCUT2D eigenvalue weighted by atomic mass is 35.5. The smallest absolute Gasteiger partial charge is 0.303 e. The van der Waals surface area contributed by atoms with Crippen molar-refractivity contribution >= 4 is 40.4 Å². The Bertz CT molecular complexity index is 1280. The van der Waals surface area contributed by atoms with Gasteiger partial charge in [0.1, 0.15) is 5.82 Å². The highest BCUT2D eigenvalue weighted by molar-refractivity contribution is 6.30. The summed E-state index contributed by atoms with van der Waals surface area (Å²) in [6.45, 7) is 1.33. The number of nitrogens with two attached hydrogens (primary N) is 1. The molecule has 2 heterocycles. The predicted octanol–water partition coefficient (Wildman–Crippen LogP) is 5.87. The normalized spacial score (nSPS) is 20.9. The molecule has 1 aliphatic carbocycles. The van der Waals surface area contributed by atoms with E-state index in [0.717, 1.165) is 48.0 Å². The number of carboxylic acid groups (broad SMARTS) is 1. The van der Waals surface area contributed by atoms with Crippen LogP contribution >= 0.6 is 11.6 Å². The van der Waals surface area contributed by atoms with Gasteiger partial charge in [-0.1, -0.05) is 11.6 Å². The second-order valence-corrected chi connectivity index (χ2v) is 9.80. The summed E-state index contributed by atoms with van der Waals surface area (Å²) in [5.41, 5.74) is 11.4. The monoisotopic (exact) mass is 483 g/mol. The zero-order valence-electron chi connectivity index (χ0n) is 18.7. The molecule has 2 fully saturated rings. The number of rotatable bonds is 6. The quantitative estimate of drug-likeness (QED) is 0.301. The van der Waals surface area contributed by atoms with E-state index in [9.17, 15) is 14.3 Å². The first-order valence-corrected chi connectivity index (χ1v) is 12.0. The second-order valence-electron chi connectivity index (χ2n) is 9.39. The van der Waals surface area contributed by atoms with Gasteiger partial charge in [-0.15, -0.1) is 0 Å². The lowest BCUT2D eigenvalue weighted by Gasteiger charge is -2.37. The van der Waals surface area contributed by atoms with Crippen LogP contribution in [-0.2, 0) is 9.53 Å². The minimum atomic E-state index is -0.767.